The lowest BCUT2D eigenvalue weighted by Gasteiger charge is -2.13. The fourth-order valence-corrected chi connectivity index (χ4v) is 3.00. The lowest BCUT2D eigenvalue weighted by atomic mass is 10.1. The van der Waals surface area contributed by atoms with Crippen LogP contribution >= 0.6 is 39.3 Å². The van der Waals surface area contributed by atoms with Gasteiger partial charge in [-0.05, 0) is 46.3 Å². The monoisotopic (exact) mass is 359 g/mol. The second-order valence-electron chi connectivity index (χ2n) is 4.01. The average molecular weight is 361 g/mol. The Bertz CT molecular complexity index is 562. The van der Waals surface area contributed by atoms with Crippen molar-refractivity contribution in [3.05, 3.63) is 63.3 Å². The van der Waals surface area contributed by atoms with Gasteiger partial charge in [0.1, 0.15) is 5.82 Å². The van der Waals surface area contributed by atoms with Crippen LogP contribution in [0.3, 0.4) is 0 Å². The molecule has 19 heavy (non-hydrogen) atoms. The topological polar surface area (TPSA) is 26.0 Å². The van der Waals surface area contributed by atoms with Gasteiger partial charge in [0, 0.05) is 27.3 Å². The Morgan fingerprint density at radius 1 is 1.21 bits per heavy atom. The number of rotatable bonds is 4. The number of benzene rings is 2. The molecule has 0 amide bonds. The van der Waals surface area contributed by atoms with Crippen LogP contribution in [0.2, 0.25) is 5.02 Å². The van der Waals surface area contributed by atoms with Gasteiger partial charge in [-0.3, -0.25) is 0 Å². The molecule has 0 saturated heterocycles. The van der Waals surface area contributed by atoms with Gasteiger partial charge in [-0.1, -0.05) is 23.7 Å². The van der Waals surface area contributed by atoms with Gasteiger partial charge in [0.25, 0.3) is 0 Å². The summed E-state index contributed by atoms with van der Waals surface area (Å²) >= 11 is 10.6. The van der Waals surface area contributed by atoms with E-state index in [9.17, 15) is 4.39 Å². The highest BCUT2D eigenvalue weighted by Gasteiger charge is 2.13. The van der Waals surface area contributed by atoms with E-state index in [-0.39, 0.29) is 11.9 Å². The molecule has 2 aromatic carbocycles. The van der Waals surface area contributed by atoms with Crippen LogP contribution in [0.1, 0.15) is 11.6 Å². The molecular formula is C14H12BrClFNS. The zero-order valence-electron chi connectivity index (χ0n) is 9.95. The van der Waals surface area contributed by atoms with E-state index in [1.165, 1.54) is 0 Å². The maximum atomic E-state index is 13.9. The first kappa shape index (κ1) is 14.9. The molecule has 0 aliphatic rings. The summed E-state index contributed by atoms with van der Waals surface area (Å²) in [4.78, 5) is 1.07. The van der Waals surface area contributed by atoms with Gasteiger partial charge in [0.05, 0.1) is 4.47 Å². The molecule has 0 saturated carbocycles. The lowest BCUT2D eigenvalue weighted by molar-refractivity contribution is 0.589. The second-order valence-corrected chi connectivity index (χ2v) is 6.40. The Kier molecular flexibility index (Phi) is 5.28. The summed E-state index contributed by atoms with van der Waals surface area (Å²) in [6, 6.07) is 12.3. The number of nitrogens with two attached hydrogens (primary N) is 1. The van der Waals surface area contributed by atoms with Crippen molar-refractivity contribution in [2.45, 2.75) is 10.9 Å². The van der Waals surface area contributed by atoms with Crippen LogP contribution in [-0.4, -0.2) is 5.75 Å². The lowest BCUT2D eigenvalue weighted by Crippen LogP contribution is -2.14. The first-order valence-corrected chi connectivity index (χ1v) is 7.81. The molecule has 0 spiro atoms. The third-order valence-corrected chi connectivity index (χ3v) is 4.62. The maximum Gasteiger partial charge on any atom is 0.142 e. The van der Waals surface area contributed by atoms with E-state index >= 15 is 0 Å². The molecule has 0 radical (unpaired) electrons. The summed E-state index contributed by atoms with van der Waals surface area (Å²) in [5, 5.41) is 0.701. The Morgan fingerprint density at radius 2 is 1.89 bits per heavy atom. The zero-order chi connectivity index (χ0) is 13.8. The van der Waals surface area contributed by atoms with Crippen LogP contribution in [0.5, 0.6) is 0 Å². The molecular weight excluding hydrogens is 349 g/mol. The minimum absolute atomic E-state index is 0.285. The molecule has 0 aromatic heterocycles. The summed E-state index contributed by atoms with van der Waals surface area (Å²) in [7, 11) is 0. The average Bonchev–Trinajstić information content (AvgIpc) is 2.41. The molecule has 2 aromatic rings. The number of hydrogen-bond donors (Lipinski definition) is 1. The second kappa shape index (κ2) is 6.75. The van der Waals surface area contributed by atoms with Crippen molar-refractivity contribution in [2.24, 2.45) is 5.73 Å². The SMILES string of the molecule is NC(CSc1ccc(Cl)cc1)c1cccc(Br)c1F. The third-order valence-electron chi connectivity index (χ3n) is 2.62. The van der Waals surface area contributed by atoms with Gasteiger partial charge in [-0.25, -0.2) is 4.39 Å². The summed E-state index contributed by atoms with van der Waals surface area (Å²) in [6.45, 7) is 0. The Labute approximate surface area is 129 Å². The first-order chi connectivity index (χ1) is 9.08. The van der Waals surface area contributed by atoms with Crippen LogP contribution < -0.4 is 5.73 Å². The third kappa shape index (κ3) is 3.96. The molecule has 0 bridgehead atoms. The van der Waals surface area contributed by atoms with Crippen LogP contribution in [0.15, 0.2) is 51.8 Å². The van der Waals surface area contributed by atoms with E-state index in [1.807, 2.05) is 24.3 Å². The van der Waals surface area contributed by atoms with Crippen molar-refractivity contribution in [3.8, 4) is 0 Å². The van der Waals surface area contributed by atoms with Crippen LogP contribution in [0, 0.1) is 5.82 Å². The molecule has 0 fully saturated rings. The Balaban J connectivity index is 2.03. The van der Waals surface area contributed by atoms with Gasteiger partial charge < -0.3 is 5.73 Å². The molecule has 1 atom stereocenters. The predicted octanol–water partition coefficient (Wildman–Crippen LogP) is 5.03. The molecule has 1 nitrogen and oxygen atoms in total. The van der Waals surface area contributed by atoms with E-state index in [2.05, 4.69) is 15.9 Å². The highest BCUT2D eigenvalue weighted by atomic mass is 79.9. The van der Waals surface area contributed by atoms with E-state index in [0.29, 0.717) is 20.8 Å². The molecule has 0 heterocycles. The maximum absolute atomic E-state index is 13.9. The van der Waals surface area contributed by atoms with Crippen molar-refractivity contribution in [1.82, 2.24) is 0 Å². The smallest absolute Gasteiger partial charge is 0.142 e. The predicted molar refractivity (Wildman–Crippen MR) is 83.2 cm³/mol. The summed E-state index contributed by atoms with van der Waals surface area (Å²) in [5.74, 6) is 0.321. The van der Waals surface area contributed by atoms with Crippen molar-refractivity contribution < 1.29 is 4.39 Å². The number of thioether (sulfide) groups is 1. The standard InChI is InChI=1S/C14H12BrClFNS/c15-12-3-1-2-11(14(12)17)13(18)8-19-10-6-4-9(16)5-7-10/h1-7,13H,8,18H2. The van der Waals surface area contributed by atoms with Crippen molar-refractivity contribution in [2.75, 3.05) is 5.75 Å². The first-order valence-electron chi connectivity index (χ1n) is 5.66. The highest BCUT2D eigenvalue weighted by Crippen LogP contribution is 2.28. The van der Waals surface area contributed by atoms with E-state index in [0.717, 1.165) is 4.90 Å². The van der Waals surface area contributed by atoms with Crippen molar-refractivity contribution in [3.63, 3.8) is 0 Å². The van der Waals surface area contributed by atoms with E-state index in [4.69, 9.17) is 17.3 Å². The molecule has 2 rings (SSSR count). The fourth-order valence-electron chi connectivity index (χ4n) is 1.61. The van der Waals surface area contributed by atoms with Crippen LogP contribution in [0.4, 0.5) is 4.39 Å². The van der Waals surface area contributed by atoms with Gasteiger partial charge in [-0.2, -0.15) is 0 Å². The van der Waals surface area contributed by atoms with Crippen molar-refractivity contribution in [1.29, 1.82) is 0 Å². The van der Waals surface area contributed by atoms with Gasteiger partial charge in [0.15, 0.2) is 0 Å². The van der Waals surface area contributed by atoms with Crippen molar-refractivity contribution >= 4 is 39.3 Å². The molecule has 1 unspecified atom stereocenters. The molecule has 0 aliphatic carbocycles. The van der Waals surface area contributed by atoms with E-state index in [1.54, 1.807) is 30.0 Å². The number of hydrogen-bond acceptors (Lipinski definition) is 2. The molecule has 5 heteroatoms. The largest absolute Gasteiger partial charge is 0.323 e. The molecule has 100 valence electrons. The Morgan fingerprint density at radius 3 is 2.58 bits per heavy atom. The van der Waals surface area contributed by atoms with Gasteiger partial charge >= 0.3 is 0 Å². The fraction of sp³-hybridized carbons (Fsp3) is 0.143. The minimum Gasteiger partial charge on any atom is -0.323 e. The molecule has 0 aliphatic heterocycles. The van der Waals surface area contributed by atoms with E-state index < -0.39 is 0 Å². The highest BCUT2D eigenvalue weighted by molar-refractivity contribution is 9.10. The normalized spacial score (nSPS) is 12.4. The van der Waals surface area contributed by atoms with Crippen LogP contribution in [0.25, 0.3) is 0 Å². The summed E-state index contributed by atoms with van der Waals surface area (Å²) in [5.41, 5.74) is 6.56. The minimum atomic E-state index is -0.349. The van der Waals surface area contributed by atoms with Gasteiger partial charge in [-0.15, -0.1) is 11.8 Å². The zero-order valence-corrected chi connectivity index (χ0v) is 13.1. The molecule has 2 N–H and O–H groups in total. The number of halogens is 3. The summed E-state index contributed by atoms with van der Waals surface area (Å²) in [6.07, 6.45) is 0. The Hall–Kier alpha value is -0.550. The van der Waals surface area contributed by atoms with Gasteiger partial charge in [0.2, 0.25) is 0 Å². The van der Waals surface area contributed by atoms with Crippen LogP contribution in [-0.2, 0) is 0 Å². The summed E-state index contributed by atoms with van der Waals surface area (Å²) < 4.78 is 14.3. The quantitative estimate of drug-likeness (QED) is 0.774.